The molecule has 0 aliphatic heterocycles. The quantitative estimate of drug-likeness (QED) is 0.833. The summed E-state index contributed by atoms with van der Waals surface area (Å²) in [4.78, 5) is 0. The van der Waals surface area contributed by atoms with Gasteiger partial charge in [0.05, 0.1) is 12.7 Å². The van der Waals surface area contributed by atoms with Gasteiger partial charge in [0.15, 0.2) is 0 Å². The summed E-state index contributed by atoms with van der Waals surface area (Å²) in [7, 11) is 0. The number of aliphatic hydroxyl groups excluding tert-OH is 1. The Morgan fingerprint density at radius 3 is 2.31 bits per heavy atom. The van der Waals surface area contributed by atoms with E-state index in [0.29, 0.717) is 17.4 Å². The number of aliphatic hydroxyl groups is 1. The molecule has 0 heterocycles. The number of ether oxygens (including phenoxy) is 1. The van der Waals surface area contributed by atoms with Gasteiger partial charge in [0.25, 0.3) is 0 Å². The van der Waals surface area contributed by atoms with Crippen LogP contribution in [0.3, 0.4) is 0 Å². The zero-order valence-electron chi connectivity index (χ0n) is 17.1. The minimum atomic E-state index is -0.488. The number of hydrogen-bond donors (Lipinski definition) is 2. The van der Waals surface area contributed by atoms with Crippen LogP contribution in [0.25, 0.3) is 0 Å². The first-order valence-corrected chi connectivity index (χ1v) is 10.4. The van der Waals surface area contributed by atoms with Crippen LogP contribution in [0.5, 0.6) is 5.75 Å². The average molecular weight is 360 g/mol. The maximum absolute atomic E-state index is 9.54. The highest BCUT2D eigenvalue weighted by Crippen LogP contribution is 2.39. The normalized spacial score (nSPS) is 28.9. The monoisotopic (exact) mass is 359 g/mol. The lowest BCUT2D eigenvalue weighted by Crippen LogP contribution is -2.49. The molecule has 0 amide bonds. The molecule has 3 rings (SSSR count). The fourth-order valence-corrected chi connectivity index (χ4v) is 4.74. The van der Waals surface area contributed by atoms with Crippen LogP contribution < -0.4 is 10.5 Å². The van der Waals surface area contributed by atoms with Gasteiger partial charge < -0.3 is 15.6 Å². The van der Waals surface area contributed by atoms with Gasteiger partial charge in [-0.1, -0.05) is 26.8 Å². The van der Waals surface area contributed by atoms with Crippen LogP contribution in [0.15, 0.2) is 18.2 Å². The molecule has 146 valence electrons. The van der Waals surface area contributed by atoms with Crippen molar-refractivity contribution in [2.75, 3.05) is 6.61 Å². The van der Waals surface area contributed by atoms with Crippen molar-refractivity contribution in [3.05, 3.63) is 29.3 Å². The lowest BCUT2D eigenvalue weighted by atomic mass is 9.72. The van der Waals surface area contributed by atoms with Crippen molar-refractivity contribution in [2.24, 2.45) is 23.0 Å². The Balaban J connectivity index is 1.59. The molecule has 0 spiro atoms. The molecule has 3 nitrogen and oxygen atoms in total. The SMILES string of the molecule is CC(C)(C)C1CCC(Oc2ccc3c(c2)CC[C@H]([C@](C)(N)CO)C3)CC1. The number of aryl methyl sites for hydroxylation is 1. The van der Waals surface area contributed by atoms with Crippen LogP contribution in [0.1, 0.15) is 70.9 Å². The van der Waals surface area contributed by atoms with Gasteiger partial charge in [-0.05, 0) is 92.4 Å². The van der Waals surface area contributed by atoms with Crippen molar-refractivity contribution < 1.29 is 9.84 Å². The van der Waals surface area contributed by atoms with E-state index >= 15 is 0 Å². The smallest absolute Gasteiger partial charge is 0.120 e. The predicted octanol–water partition coefficient (Wildman–Crippen LogP) is 4.48. The van der Waals surface area contributed by atoms with Crippen LogP contribution >= 0.6 is 0 Å². The fraction of sp³-hybridized carbons (Fsp3) is 0.739. The maximum Gasteiger partial charge on any atom is 0.120 e. The van der Waals surface area contributed by atoms with Crippen LogP contribution in [-0.2, 0) is 12.8 Å². The number of nitrogens with two attached hydrogens (primary N) is 1. The molecule has 3 heteroatoms. The molecule has 2 aliphatic rings. The fourth-order valence-electron chi connectivity index (χ4n) is 4.74. The summed E-state index contributed by atoms with van der Waals surface area (Å²) >= 11 is 0. The van der Waals surface area contributed by atoms with E-state index < -0.39 is 5.54 Å². The van der Waals surface area contributed by atoms with Gasteiger partial charge in [-0.15, -0.1) is 0 Å². The molecule has 0 unspecified atom stereocenters. The Labute approximate surface area is 159 Å². The largest absolute Gasteiger partial charge is 0.490 e. The predicted molar refractivity (Wildman–Crippen MR) is 107 cm³/mol. The highest BCUT2D eigenvalue weighted by molar-refractivity contribution is 5.38. The highest BCUT2D eigenvalue weighted by atomic mass is 16.5. The van der Waals surface area contributed by atoms with Crippen molar-refractivity contribution in [3.63, 3.8) is 0 Å². The molecule has 1 aromatic carbocycles. The van der Waals surface area contributed by atoms with Crippen LogP contribution in [0.2, 0.25) is 0 Å². The molecular weight excluding hydrogens is 322 g/mol. The maximum atomic E-state index is 9.54. The molecule has 2 atom stereocenters. The first-order valence-electron chi connectivity index (χ1n) is 10.4. The minimum absolute atomic E-state index is 0.0471. The first kappa shape index (κ1) is 19.7. The molecule has 26 heavy (non-hydrogen) atoms. The molecule has 0 radical (unpaired) electrons. The number of rotatable bonds is 4. The van der Waals surface area contributed by atoms with E-state index in [1.807, 2.05) is 6.92 Å². The van der Waals surface area contributed by atoms with Crippen molar-refractivity contribution in [1.29, 1.82) is 0 Å². The summed E-state index contributed by atoms with van der Waals surface area (Å²) in [6.07, 6.45) is 8.28. The highest BCUT2D eigenvalue weighted by Gasteiger charge is 2.33. The van der Waals surface area contributed by atoms with E-state index in [2.05, 4.69) is 39.0 Å². The molecule has 0 aromatic heterocycles. The van der Waals surface area contributed by atoms with Crippen LogP contribution in [0.4, 0.5) is 0 Å². The topological polar surface area (TPSA) is 55.5 Å². The van der Waals surface area contributed by atoms with Crippen molar-refractivity contribution in [1.82, 2.24) is 0 Å². The van der Waals surface area contributed by atoms with E-state index in [0.717, 1.165) is 30.9 Å². The first-order chi connectivity index (χ1) is 12.2. The molecule has 1 fully saturated rings. The Morgan fingerprint density at radius 2 is 1.69 bits per heavy atom. The third-order valence-electron chi connectivity index (χ3n) is 6.88. The minimum Gasteiger partial charge on any atom is -0.490 e. The molecule has 1 aromatic rings. The third-order valence-corrected chi connectivity index (χ3v) is 6.88. The zero-order valence-corrected chi connectivity index (χ0v) is 17.1. The van der Waals surface area contributed by atoms with Crippen molar-refractivity contribution >= 4 is 0 Å². The summed E-state index contributed by atoms with van der Waals surface area (Å²) < 4.78 is 6.33. The molecular formula is C23H37NO2. The Kier molecular flexibility index (Phi) is 5.69. The standard InChI is InChI=1S/C23H37NO2/c1-22(2,3)18-8-11-20(12-9-18)26-21-10-6-16-13-19(23(4,24)15-25)7-5-17(16)14-21/h6,10,14,18-20,25H,5,7-9,11-13,15,24H2,1-4H3/t18?,19-,20?,23+/m0/s1. The average Bonchev–Trinajstić information content (AvgIpc) is 2.61. The van der Waals surface area contributed by atoms with E-state index in [4.69, 9.17) is 10.5 Å². The summed E-state index contributed by atoms with van der Waals surface area (Å²) in [5.74, 6) is 2.19. The second-order valence-electron chi connectivity index (χ2n) is 9.99. The Bertz CT molecular complexity index is 609. The van der Waals surface area contributed by atoms with Gasteiger partial charge in [0.2, 0.25) is 0 Å². The van der Waals surface area contributed by atoms with E-state index in [1.54, 1.807) is 0 Å². The van der Waals surface area contributed by atoms with E-state index in [9.17, 15) is 5.11 Å². The van der Waals surface area contributed by atoms with Gasteiger partial charge in [-0.3, -0.25) is 0 Å². The molecule has 1 saturated carbocycles. The third kappa shape index (κ3) is 4.43. The van der Waals surface area contributed by atoms with Gasteiger partial charge in [0, 0.05) is 5.54 Å². The van der Waals surface area contributed by atoms with Crippen molar-refractivity contribution in [3.8, 4) is 5.75 Å². The van der Waals surface area contributed by atoms with E-state index in [1.165, 1.54) is 36.8 Å². The lowest BCUT2D eigenvalue weighted by Gasteiger charge is -2.37. The second kappa shape index (κ2) is 7.52. The lowest BCUT2D eigenvalue weighted by molar-refractivity contribution is 0.0880. The molecule has 0 bridgehead atoms. The van der Waals surface area contributed by atoms with Crippen LogP contribution in [-0.4, -0.2) is 23.4 Å². The van der Waals surface area contributed by atoms with Gasteiger partial charge in [-0.25, -0.2) is 0 Å². The van der Waals surface area contributed by atoms with Crippen LogP contribution in [0, 0.1) is 17.3 Å². The summed E-state index contributed by atoms with van der Waals surface area (Å²) in [5.41, 5.74) is 8.97. The number of fused-ring (bicyclic) bond motifs is 1. The summed E-state index contributed by atoms with van der Waals surface area (Å²) in [6.45, 7) is 9.09. The van der Waals surface area contributed by atoms with Gasteiger partial charge >= 0.3 is 0 Å². The van der Waals surface area contributed by atoms with Gasteiger partial charge in [0.1, 0.15) is 5.75 Å². The Hall–Kier alpha value is -1.06. The zero-order chi connectivity index (χ0) is 18.9. The second-order valence-corrected chi connectivity index (χ2v) is 9.99. The van der Waals surface area contributed by atoms with Gasteiger partial charge in [-0.2, -0.15) is 0 Å². The summed E-state index contributed by atoms with van der Waals surface area (Å²) in [5, 5.41) is 9.54. The Morgan fingerprint density at radius 1 is 1.00 bits per heavy atom. The summed E-state index contributed by atoms with van der Waals surface area (Å²) in [6, 6.07) is 6.59. The molecule has 3 N–H and O–H groups in total. The number of hydrogen-bond acceptors (Lipinski definition) is 3. The number of benzene rings is 1. The van der Waals surface area contributed by atoms with Crippen molar-refractivity contribution in [2.45, 2.75) is 84.3 Å². The van der Waals surface area contributed by atoms with E-state index in [-0.39, 0.29) is 6.61 Å². The molecule has 2 aliphatic carbocycles. The molecule has 0 saturated heterocycles.